The number of epoxide rings is 1. The number of hydrogen-bond acceptors (Lipinski definition) is 2. The van der Waals surface area contributed by atoms with E-state index in [4.69, 9.17) is 9.47 Å². The Kier molecular flexibility index (Phi) is 4.42. The molecule has 2 nitrogen and oxygen atoms in total. The fourth-order valence-electron chi connectivity index (χ4n) is 1.68. The molecule has 0 saturated carbocycles. The normalized spacial score (nSPS) is 21.6. The fraction of sp³-hybridized carbons (Fsp3) is 1.00. The molecule has 1 heterocycles. The van der Waals surface area contributed by atoms with E-state index in [0.29, 0.717) is 6.10 Å². The van der Waals surface area contributed by atoms with Gasteiger partial charge in [0.15, 0.2) is 0 Å². The predicted octanol–water partition coefficient (Wildman–Crippen LogP) is 3.64. The van der Waals surface area contributed by atoms with Gasteiger partial charge in [-0.25, -0.2) is 0 Å². The second-order valence-electron chi connectivity index (χ2n) is 6.79. The zero-order chi connectivity index (χ0) is 12.4. The molecule has 0 bridgehead atoms. The first kappa shape index (κ1) is 14.0. The van der Waals surface area contributed by atoms with Crippen LogP contribution in [0.15, 0.2) is 0 Å². The Morgan fingerprint density at radius 1 is 1.25 bits per heavy atom. The highest BCUT2D eigenvalue weighted by molar-refractivity contribution is 4.87. The third kappa shape index (κ3) is 4.84. The quantitative estimate of drug-likeness (QED) is 0.620. The summed E-state index contributed by atoms with van der Waals surface area (Å²) in [6.07, 6.45) is 2.77. The van der Waals surface area contributed by atoms with Crippen molar-refractivity contribution in [3.05, 3.63) is 0 Å². The van der Waals surface area contributed by atoms with E-state index in [9.17, 15) is 0 Å². The summed E-state index contributed by atoms with van der Waals surface area (Å²) in [5.41, 5.74) is 0.158. The van der Waals surface area contributed by atoms with Gasteiger partial charge in [-0.05, 0) is 32.6 Å². The molecule has 1 fully saturated rings. The summed E-state index contributed by atoms with van der Waals surface area (Å²) in [6, 6.07) is 0. The minimum atomic E-state index is -0.00354. The van der Waals surface area contributed by atoms with Crippen LogP contribution in [0.25, 0.3) is 0 Å². The zero-order valence-electron chi connectivity index (χ0n) is 11.8. The van der Waals surface area contributed by atoms with E-state index in [1.165, 1.54) is 6.42 Å². The molecule has 0 amide bonds. The van der Waals surface area contributed by atoms with Gasteiger partial charge >= 0.3 is 0 Å². The minimum Gasteiger partial charge on any atom is -0.375 e. The average molecular weight is 228 g/mol. The smallest absolute Gasteiger partial charge is 0.0882 e. The molecule has 16 heavy (non-hydrogen) atoms. The Labute approximate surface area is 101 Å². The lowest BCUT2D eigenvalue weighted by Gasteiger charge is -2.31. The monoisotopic (exact) mass is 228 g/mol. The lowest BCUT2D eigenvalue weighted by molar-refractivity contribution is -0.0668. The van der Waals surface area contributed by atoms with Gasteiger partial charge in [0.1, 0.15) is 0 Å². The number of rotatable bonds is 7. The Bertz CT molecular complexity index is 215. The molecular weight excluding hydrogens is 200 g/mol. The topological polar surface area (TPSA) is 21.8 Å². The third-order valence-corrected chi connectivity index (χ3v) is 3.36. The van der Waals surface area contributed by atoms with Crippen molar-refractivity contribution in [2.24, 2.45) is 11.3 Å². The Balaban J connectivity index is 2.28. The molecule has 1 aliphatic rings. The first-order valence-electron chi connectivity index (χ1n) is 6.48. The van der Waals surface area contributed by atoms with Crippen molar-refractivity contribution < 1.29 is 9.47 Å². The number of ether oxygens (including phenoxy) is 2. The largest absolute Gasteiger partial charge is 0.375 e. The summed E-state index contributed by atoms with van der Waals surface area (Å²) in [7, 11) is 0. The molecule has 1 saturated heterocycles. The van der Waals surface area contributed by atoms with E-state index < -0.39 is 0 Å². The van der Waals surface area contributed by atoms with Crippen LogP contribution < -0.4 is 0 Å². The van der Waals surface area contributed by atoms with Crippen molar-refractivity contribution in [3.63, 3.8) is 0 Å². The predicted molar refractivity (Wildman–Crippen MR) is 67.6 cm³/mol. The van der Waals surface area contributed by atoms with E-state index in [2.05, 4.69) is 41.5 Å². The van der Waals surface area contributed by atoms with Crippen LogP contribution in [0, 0.1) is 11.3 Å². The second kappa shape index (κ2) is 5.05. The van der Waals surface area contributed by atoms with Gasteiger partial charge in [-0.3, -0.25) is 0 Å². The molecule has 1 rings (SSSR count). The van der Waals surface area contributed by atoms with E-state index in [-0.39, 0.29) is 11.0 Å². The fourth-order valence-corrected chi connectivity index (χ4v) is 1.68. The van der Waals surface area contributed by atoms with Gasteiger partial charge in [0.05, 0.1) is 24.9 Å². The highest BCUT2D eigenvalue weighted by Gasteiger charge is 2.40. The van der Waals surface area contributed by atoms with Crippen molar-refractivity contribution in [2.75, 3.05) is 13.2 Å². The molecule has 1 aliphatic heterocycles. The highest BCUT2D eigenvalue weighted by atomic mass is 16.6. The molecule has 0 aromatic carbocycles. The molecular formula is C14H28O2. The van der Waals surface area contributed by atoms with Gasteiger partial charge in [-0.1, -0.05) is 27.7 Å². The standard InChI is InChI=1S/C14H28O2/c1-11(2)7-8-14(5,6)16-10-13(3,4)12-9-15-12/h11-12H,7-10H2,1-6H3. The second-order valence-corrected chi connectivity index (χ2v) is 6.79. The summed E-state index contributed by atoms with van der Waals surface area (Å²) < 4.78 is 11.4. The Morgan fingerprint density at radius 2 is 1.81 bits per heavy atom. The molecule has 0 N–H and O–H groups in total. The molecule has 1 atom stereocenters. The summed E-state index contributed by atoms with van der Waals surface area (Å²) >= 11 is 0. The Hall–Kier alpha value is -0.0800. The van der Waals surface area contributed by atoms with Crippen LogP contribution in [0.5, 0.6) is 0 Å². The lowest BCUT2D eigenvalue weighted by atomic mass is 9.90. The Morgan fingerprint density at radius 3 is 2.25 bits per heavy atom. The van der Waals surface area contributed by atoms with Crippen molar-refractivity contribution in [2.45, 2.75) is 66.1 Å². The van der Waals surface area contributed by atoms with Crippen LogP contribution in [0.3, 0.4) is 0 Å². The molecule has 1 unspecified atom stereocenters. The first-order valence-corrected chi connectivity index (χ1v) is 6.48. The summed E-state index contributed by atoms with van der Waals surface area (Å²) in [6.45, 7) is 15.1. The summed E-state index contributed by atoms with van der Waals surface area (Å²) in [5, 5.41) is 0. The van der Waals surface area contributed by atoms with E-state index in [1.54, 1.807) is 0 Å². The van der Waals surface area contributed by atoms with Crippen LogP contribution in [0.1, 0.15) is 54.4 Å². The van der Waals surface area contributed by atoms with Crippen LogP contribution in [-0.4, -0.2) is 24.9 Å². The van der Waals surface area contributed by atoms with Crippen molar-refractivity contribution in [1.29, 1.82) is 0 Å². The highest BCUT2D eigenvalue weighted by Crippen LogP contribution is 2.34. The maximum Gasteiger partial charge on any atom is 0.0882 e. The lowest BCUT2D eigenvalue weighted by Crippen LogP contribution is -2.33. The number of hydrogen-bond donors (Lipinski definition) is 0. The molecule has 0 spiro atoms. The SMILES string of the molecule is CC(C)CCC(C)(C)OCC(C)(C)C1CO1. The van der Waals surface area contributed by atoms with Crippen molar-refractivity contribution >= 4 is 0 Å². The maximum atomic E-state index is 6.07. The molecule has 0 aliphatic carbocycles. The van der Waals surface area contributed by atoms with Crippen LogP contribution in [0.2, 0.25) is 0 Å². The molecule has 0 aromatic heterocycles. The van der Waals surface area contributed by atoms with Crippen LogP contribution in [-0.2, 0) is 9.47 Å². The summed E-state index contributed by atoms with van der Waals surface area (Å²) in [4.78, 5) is 0. The van der Waals surface area contributed by atoms with Gasteiger partial charge in [0, 0.05) is 5.41 Å². The van der Waals surface area contributed by atoms with Crippen LogP contribution >= 0.6 is 0 Å². The first-order chi connectivity index (χ1) is 7.23. The van der Waals surface area contributed by atoms with Gasteiger partial charge in [0.25, 0.3) is 0 Å². The van der Waals surface area contributed by atoms with E-state index in [0.717, 1.165) is 25.6 Å². The summed E-state index contributed by atoms with van der Waals surface area (Å²) in [5.74, 6) is 0.752. The van der Waals surface area contributed by atoms with Crippen molar-refractivity contribution in [3.8, 4) is 0 Å². The maximum absolute atomic E-state index is 6.07. The average Bonchev–Trinajstić information content (AvgIpc) is 2.95. The van der Waals surface area contributed by atoms with Crippen LogP contribution in [0.4, 0.5) is 0 Å². The molecule has 0 radical (unpaired) electrons. The molecule has 2 heteroatoms. The van der Waals surface area contributed by atoms with Gasteiger partial charge < -0.3 is 9.47 Å². The minimum absolute atomic E-state index is 0.00354. The third-order valence-electron chi connectivity index (χ3n) is 3.36. The molecule has 0 aromatic rings. The van der Waals surface area contributed by atoms with Gasteiger partial charge in [-0.2, -0.15) is 0 Å². The van der Waals surface area contributed by atoms with Gasteiger partial charge in [-0.15, -0.1) is 0 Å². The van der Waals surface area contributed by atoms with Crippen molar-refractivity contribution in [1.82, 2.24) is 0 Å². The van der Waals surface area contributed by atoms with Gasteiger partial charge in [0.2, 0.25) is 0 Å². The van der Waals surface area contributed by atoms with E-state index >= 15 is 0 Å². The van der Waals surface area contributed by atoms with E-state index in [1.807, 2.05) is 0 Å². The zero-order valence-corrected chi connectivity index (χ0v) is 11.8. The molecule has 96 valence electrons.